The average Bonchev–Trinajstić information content (AvgIpc) is 2.39. The Morgan fingerprint density at radius 2 is 1.75 bits per heavy atom. The van der Waals surface area contributed by atoms with Gasteiger partial charge in [0, 0.05) is 31.2 Å². The molecule has 0 spiro atoms. The fourth-order valence-corrected chi connectivity index (χ4v) is 4.31. The summed E-state index contributed by atoms with van der Waals surface area (Å²) < 4.78 is 26.6. The molecule has 0 aliphatic carbocycles. The van der Waals surface area contributed by atoms with E-state index in [0.717, 1.165) is 0 Å². The molecule has 1 fully saturated rings. The number of hydrogen-bond acceptors (Lipinski definition) is 4. The second kappa shape index (κ2) is 6.17. The fourth-order valence-electron chi connectivity index (χ4n) is 2.06. The summed E-state index contributed by atoms with van der Waals surface area (Å²) in [5.41, 5.74) is 0.351. The molecule has 2 rings (SSSR count). The van der Waals surface area contributed by atoms with Crippen LogP contribution in [0.1, 0.15) is 5.56 Å². The normalized spacial score (nSPS) is 18.4. The van der Waals surface area contributed by atoms with Crippen LogP contribution < -0.4 is 0 Å². The molecule has 1 aromatic carbocycles. The lowest BCUT2D eigenvalue weighted by molar-refractivity contribution is 0.222. The van der Waals surface area contributed by atoms with Crippen LogP contribution in [0.4, 0.5) is 0 Å². The molecule has 1 aliphatic heterocycles. The summed E-state index contributed by atoms with van der Waals surface area (Å²) in [6.07, 6.45) is 0. The Balaban J connectivity index is 2.39. The van der Waals surface area contributed by atoms with Crippen LogP contribution in [0.15, 0.2) is 17.0 Å². The molecule has 1 saturated heterocycles. The van der Waals surface area contributed by atoms with Crippen molar-refractivity contribution in [1.82, 2.24) is 9.21 Å². The smallest absolute Gasteiger partial charge is 0.244 e. The van der Waals surface area contributed by atoms with Crippen LogP contribution in [-0.2, 0) is 16.6 Å². The lowest BCUT2D eigenvalue weighted by Crippen LogP contribution is -2.47. The number of halogens is 2. The van der Waals surface area contributed by atoms with Crippen molar-refractivity contribution in [3.63, 3.8) is 0 Å². The Morgan fingerprint density at radius 3 is 2.30 bits per heavy atom. The van der Waals surface area contributed by atoms with Gasteiger partial charge < -0.3 is 10.0 Å². The highest BCUT2D eigenvalue weighted by molar-refractivity contribution is 7.89. The van der Waals surface area contributed by atoms with Crippen LogP contribution in [0.25, 0.3) is 0 Å². The zero-order chi connectivity index (χ0) is 14.9. The van der Waals surface area contributed by atoms with Crippen molar-refractivity contribution in [2.75, 3.05) is 33.2 Å². The minimum Gasteiger partial charge on any atom is -0.392 e. The summed E-state index contributed by atoms with van der Waals surface area (Å²) >= 11 is 11.9. The van der Waals surface area contributed by atoms with E-state index in [1.165, 1.54) is 16.4 Å². The van der Waals surface area contributed by atoms with Gasteiger partial charge in [-0.25, -0.2) is 8.42 Å². The highest BCUT2D eigenvalue weighted by Gasteiger charge is 2.29. The van der Waals surface area contributed by atoms with Crippen molar-refractivity contribution < 1.29 is 13.5 Å². The van der Waals surface area contributed by atoms with E-state index in [0.29, 0.717) is 31.7 Å². The summed E-state index contributed by atoms with van der Waals surface area (Å²) in [5.74, 6) is 0. The van der Waals surface area contributed by atoms with Gasteiger partial charge in [-0.1, -0.05) is 23.2 Å². The topological polar surface area (TPSA) is 60.9 Å². The number of rotatable bonds is 3. The highest BCUT2D eigenvalue weighted by Crippen LogP contribution is 2.31. The van der Waals surface area contributed by atoms with Gasteiger partial charge in [-0.3, -0.25) is 0 Å². The molecule has 1 heterocycles. The Labute approximate surface area is 128 Å². The molecule has 0 unspecified atom stereocenters. The van der Waals surface area contributed by atoms with Crippen molar-refractivity contribution in [3.05, 3.63) is 27.7 Å². The van der Waals surface area contributed by atoms with E-state index in [9.17, 15) is 13.5 Å². The first-order valence-corrected chi connectivity index (χ1v) is 8.33. The van der Waals surface area contributed by atoms with E-state index >= 15 is 0 Å². The molecule has 1 aromatic rings. The molecule has 0 bridgehead atoms. The quantitative estimate of drug-likeness (QED) is 0.905. The molecular weight excluding hydrogens is 323 g/mol. The van der Waals surface area contributed by atoms with Crippen LogP contribution in [0.2, 0.25) is 10.0 Å². The summed E-state index contributed by atoms with van der Waals surface area (Å²) in [4.78, 5) is 2.06. The monoisotopic (exact) mass is 338 g/mol. The van der Waals surface area contributed by atoms with E-state index in [1.54, 1.807) is 0 Å². The second-order valence-electron chi connectivity index (χ2n) is 4.74. The molecule has 0 atom stereocenters. The van der Waals surface area contributed by atoms with Gasteiger partial charge in [0.2, 0.25) is 10.0 Å². The lowest BCUT2D eigenvalue weighted by atomic mass is 10.2. The Hall–Kier alpha value is -0.370. The van der Waals surface area contributed by atoms with Crippen LogP contribution >= 0.6 is 23.2 Å². The summed E-state index contributed by atoms with van der Waals surface area (Å²) in [6, 6.07) is 2.70. The number of hydrogen-bond donors (Lipinski definition) is 1. The second-order valence-corrected chi connectivity index (χ2v) is 7.46. The minimum absolute atomic E-state index is 0.00262. The fraction of sp³-hybridized carbons (Fsp3) is 0.500. The standard InChI is InChI=1S/C12H16Cl2N2O3S/c1-15-2-4-16(5-3-15)20(18,19)12-6-9(8-17)10(13)7-11(12)14/h6-7,17H,2-5,8H2,1H3. The molecule has 1 N–H and O–H groups in total. The Kier molecular flexibility index (Phi) is 4.94. The predicted molar refractivity (Wildman–Crippen MR) is 78.6 cm³/mol. The third-order valence-electron chi connectivity index (χ3n) is 3.35. The molecule has 0 amide bonds. The third-order valence-corrected chi connectivity index (χ3v) is 6.07. The molecule has 20 heavy (non-hydrogen) atoms. The molecule has 0 aromatic heterocycles. The predicted octanol–water partition coefficient (Wildman–Crippen LogP) is 1.42. The summed E-state index contributed by atoms with van der Waals surface area (Å²) in [7, 11) is -1.71. The third kappa shape index (κ3) is 3.10. The molecular formula is C12H16Cl2N2O3S. The molecule has 5 nitrogen and oxygen atoms in total. The first-order valence-electron chi connectivity index (χ1n) is 6.13. The van der Waals surface area contributed by atoms with E-state index in [-0.39, 0.29) is 21.5 Å². The summed E-state index contributed by atoms with van der Waals surface area (Å²) in [6.45, 7) is 1.87. The molecule has 0 saturated carbocycles. The van der Waals surface area contributed by atoms with Gasteiger partial charge in [0.15, 0.2) is 0 Å². The number of aliphatic hydroxyl groups is 1. The van der Waals surface area contributed by atoms with Crippen LogP contribution in [0, 0.1) is 0 Å². The SMILES string of the molecule is CN1CCN(S(=O)(=O)c2cc(CO)c(Cl)cc2Cl)CC1. The summed E-state index contributed by atoms with van der Waals surface area (Å²) in [5, 5.41) is 9.54. The van der Waals surface area contributed by atoms with Crippen molar-refractivity contribution >= 4 is 33.2 Å². The van der Waals surface area contributed by atoms with Gasteiger partial charge in [-0.05, 0) is 24.7 Å². The minimum atomic E-state index is -3.66. The van der Waals surface area contributed by atoms with Gasteiger partial charge in [0.1, 0.15) is 4.90 Å². The van der Waals surface area contributed by atoms with Crippen molar-refractivity contribution in [3.8, 4) is 0 Å². The van der Waals surface area contributed by atoms with Crippen molar-refractivity contribution in [1.29, 1.82) is 0 Å². The maximum Gasteiger partial charge on any atom is 0.244 e. The largest absolute Gasteiger partial charge is 0.392 e. The number of nitrogens with zero attached hydrogens (tertiary/aromatic N) is 2. The van der Waals surface area contributed by atoms with Crippen LogP contribution in [0.5, 0.6) is 0 Å². The zero-order valence-corrected chi connectivity index (χ0v) is 13.3. The van der Waals surface area contributed by atoms with Gasteiger partial charge in [0.25, 0.3) is 0 Å². The van der Waals surface area contributed by atoms with Gasteiger partial charge >= 0.3 is 0 Å². The number of likely N-dealkylation sites (N-methyl/N-ethyl adjacent to an activating group) is 1. The molecule has 8 heteroatoms. The number of sulfonamides is 1. The molecule has 0 radical (unpaired) electrons. The van der Waals surface area contributed by atoms with E-state index < -0.39 is 10.0 Å². The van der Waals surface area contributed by atoms with E-state index in [2.05, 4.69) is 4.90 Å². The number of piperazine rings is 1. The van der Waals surface area contributed by atoms with E-state index in [4.69, 9.17) is 23.2 Å². The van der Waals surface area contributed by atoms with Gasteiger partial charge in [-0.2, -0.15) is 4.31 Å². The lowest BCUT2D eigenvalue weighted by Gasteiger charge is -2.31. The van der Waals surface area contributed by atoms with Crippen molar-refractivity contribution in [2.45, 2.75) is 11.5 Å². The highest BCUT2D eigenvalue weighted by atomic mass is 35.5. The average molecular weight is 339 g/mol. The molecule has 1 aliphatic rings. The van der Waals surface area contributed by atoms with Crippen LogP contribution in [0.3, 0.4) is 0 Å². The zero-order valence-electron chi connectivity index (χ0n) is 11.0. The molecule has 112 valence electrons. The van der Waals surface area contributed by atoms with Gasteiger partial charge in [0.05, 0.1) is 11.6 Å². The first kappa shape index (κ1) is 16.0. The van der Waals surface area contributed by atoms with Crippen LogP contribution in [-0.4, -0.2) is 56.0 Å². The Bertz CT molecular complexity index is 599. The van der Waals surface area contributed by atoms with Crippen molar-refractivity contribution in [2.24, 2.45) is 0 Å². The number of benzene rings is 1. The van der Waals surface area contributed by atoms with E-state index in [1.807, 2.05) is 7.05 Å². The maximum atomic E-state index is 12.6. The number of aliphatic hydroxyl groups excluding tert-OH is 1. The first-order chi connectivity index (χ1) is 9.36. The Morgan fingerprint density at radius 1 is 1.15 bits per heavy atom. The van der Waals surface area contributed by atoms with Gasteiger partial charge in [-0.15, -0.1) is 0 Å². The maximum absolute atomic E-state index is 12.6.